The van der Waals surface area contributed by atoms with Gasteiger partial charge in [0.05, 0.1) is 16.3 Å². The fraction of sp³-hybridized carbons (Fsp3) is 0.588. The second-order valence-corrected chi connectivity index (χ2v) is 7.77. The van der Waals surface area contributed by atoms with Crippen LogP contribution >= 0.6 is 23.1 Å². The van der Waals surface area contributed by atoms with E-state index in [1.807, 2.05) is 18.2 Å². The van der Waals surface area contributed by atoms with E-state index in [4.69, 9.17) is 0 Å². The van der Waals surface area contributed by atoms with E-state index in [2.05, 4.69) is 18.0 Å². The van der Waals surface area contributed by atoms with Crippen LogP contribution in [0.15, 0.2) is 28.6 Å². The Kier molecular flexibility index (Phi) is 7.54. The molecule has 0 aliphatic heterocycles. The van der Waals surface area contributed by atoms with E-state index in [0.29, 0.717) is 0 Å². The van der Waals surface area contributed by atoms with Gasteiger partial charge in [0.25, 0.3) is 0 Å². The molecule has 1 atom stereocenters. The number of unbranched alkanes of at least 4 members (excludes halogenated alkanes) is 5. The molecule has 0 saturated heterocycles. The number of thioether (sulfide) groups is 1. The second kappa shape index (κ2) is 9.44. The van der Waals surface area contributed by atoms with Crippen molar-refractivity contribution in [1.29, 1.82) is 0 Å². The van der Waals surface area contributed by atoms with Crippen LogP contribution in [-0.2, 0) is 0 Å². The van der Waals surface area contributed by atoms with Crippen LogP contribution in [0.3, 0.4) is 0 Å². The van der Waals surface area contributed by atoms with E-state index in [0.717, 1.165) is 28.5 Å². The normalized spacial score (nSPS) is 12.9. The topological polar surface area (TPSA) is 33.1 Å². The number of hydrogen-bond acceptors (Lipinski definition) is 4. The third-order valence-electron chi connectivity index (χ3n) is 3.56. The Morgan fingerprint density at radius 1 is 1.14 bits per heavy atom. The van der Waals surface area contributed by atoms with Crippen LogP contribution in [0.2, 0.25) is 0 Å². The summed E-state index contributed by atoms with van der Waals surface area (Å²) in [6.07, 6.45) is 8.40. The van der Waals surface area contributed by atoms with Crippen molar-refractivity contribution in [2.24, 2.45) is 0 Å². The molecule has 0 radical (unpaired) electrons. The fourth-order valence-corrected chi connectivity index (χ4v) is 4.39. The Morgan fingerprint density at radius 2 is 1.90 bits per heavy atom. The number of fused-ring (bicyclic) bond motifs is 1. The summed E-state index contributed by atoms with van der Waals surface area (Å²) in [7, 11) is 0. The molecule has 0 amide bonds. The van der Waals surface area contributed by atoms with E-state index in [1.165, 1.54) is 36.8 Å². The highest BCUT2D eigenvalue weighted by Crippen LogP contribution is 2.30. The minimum atomic E-state index is -0.201. The van der Waals surface area contributed by atoms with Crippen molar-refractivity contribution in [2.75, 3.05) is 5.75 Å². The predicted molar refractivity (Wildman–Crippen MR) is 94.3 cm³/mol. The number of thiazole rings is 1. The zero-order chi connectivity index (χ0) is 14.9. The van der Waals surface area contributed by atoms with Crippen LogP contribution in [0.25, 0.3) is 10.2 Å². The summed E-state index contributed by atoms with van der Waals surface area (Å²) in [6, 6.07) is 8.21. The number of benzene rings is 1. The molecular formula is C17H25NOS2. The number of aliphatic hydroxyl groups is 1. The van der Waals surface area contributed by atoms with Gasteiger partial charge in [-0.1, -0.05) is 69.3 Å². The SMILES string of the molecule is CCCCCCCCC(O)CSc1nc2ccccc2s1. The third kappa shape index (κ3) is 5.97. The smallest absolute Gasteiger partial charge is 0.151 e. The quantitative estimate of drug-likeness (QED) is 0.463. The maximum absolute atomic E-state index is 10.0. The first-order valence-electron chi connectivity index (χ1n) is 7.96. The van der Waals surface area contributed by atoms with Gasteiger partial charge in [0.2, 0.25) is 0 Å². The largest absolute Gasteiger partial charge is 0.392 e. The molecular weight excluding hydrogens is 298 g/mol. The predicted octanol–water partition coefficient (Wildman–Crippen LogP) is 5.50. The van der Waals surface area contributed by atoms with Crippen LogP contribution in [-0.4, -0.2) is 21.9 Å². The number of nitrogens with zero attached hydrogens (tertiary/aromatic N) is 1. The number of aromatic nitrogens is 1. The maximum Gasteiger partial charge on any atom is 0.151 e. The molecule has 0 saturated carbocycles. The first-order chi connectivity index (χ1) is 10.3. The Morgan fingerprint density at radius 3 is 2.71 bits per heavy atom. The average molecular weight is 324 g/mol. The van der Waals surface area contributed by atoms with Gasteiger partial charge in [-0.25, -0.2) is 4.98 Å². The number of hydrogen-bond donors (Lipinski definition) is 1. The summed E-state index contributed by atoms with van der Waals surface area (Å²) >= 11 is 3.40. The highest BCUT2D eigenvalue weighted by Gasteiger charge is 2.08. The lowest BCUT2D eigenvalue weighted by Crippen LogP contribution is -2.09. The van der Waals surface area contributed by atoms with Gasteiger partial charge in [-0.3, -0.25) is 0 Å². The first-order valence-corrected chi connectivity index (χ1v) is 9.76. The second-order valence-electron chi connectivity index (χ2n) is 5.47. The Balaban J connectivity index is 1.63. The third-order valence-corrected chi connectivity index (χ3v) is 5.89. The van der Waals surface area contributed by atoms with Crippen molar-refractivity contribution < 1.29 is 5.11 Å². The lowest BCUT2D eigenvalue weighted by Gasteiger charge is -2.08. The molecule has 1 heterocycles. The van der Waals surface area contributed by atoms with Crippen molar-refractivity contribution in [3.63, 3.8) is 0 Å². The van der Waals surface area contributed by atoms with Gasteiger partial charge >= 0.3 is 0 Å². The molecule has 0 bridgehead atoms. The Bertz CT molecular complexity index is 493. The molecule has 2 rings (SSSR count). The van der Waals surface area contributed by atoms with E-state index in [-0.39, 0.29) is 6.10 Å². The molecule has 116 valence electrons. The van der Waals surface area contributed by atoms with Crippen LogP contribution in [0.1, 0.15) is 51.9 Å². The van der Waals surface area contributed by atoms with Crippen LogP contribution in [0.5, 0.6) is 0 Å². The van der Waals surface area contributed by atoms with Gasteiger partial charge in [0.1, 0.15) is 0 Å². The average Bonchev–Trinajstić information content (AvgIpc) is 2.91. The van der Waals surface area contributed by atoms with Crippen molar-refractivity contribution >= 4 is 33.3 Å². The Hall–Kier alpha value is -0.580. The molecule has 2 aromatic rings. The molecule has 1 N–H and O–H groups in total. The standard InChI is InChI=1S/C17H25NOS2/c1-2-3-4-5-6-7-10-14(19)13-20-17-18-15-11-8-9-12-16(15)21-17/h8-9,11-12,14,19H,2-7,10,13H2,1H3. The lowest BCUT2D eigenvalue weighted by molar-refractivity contribution is 0.185. The molecule has 0 aliphatic rings. The van der Waals surface area contributed by atoms with Crippen molar-refractivity contribution in [1.82, 2.24) is 4.98 Å². The van der Waals surface area contributed by atoms with Crippen molar-refractivity contribution in [2.45, 2.75) is 62.3 Å². The van der Waals surface area contributed by atoms with Gasteiger partial charge in [0, 0.05) is 5.75 Å². The number of para-hydroxylation sites is 1. The summed E-state index contributed by atoms with van der Waals surface area (Å²) in [5.41, 5.74) is 1.07. The molecule has 1 unspecified atom stereocenters. The van der Waals surface area contributed by atoms with Crippen LogP contribution in [0.4, 0.5) is 0 Å². The summed E-state index contributed by atoms with van der Waals surface area (Å²) < 4.78 is 2.30. The monoisotopic (exact) mass is 323 g/mol. The van der Waals surface area contributed by atoms with Gasteiger partial charge in [-0.05, 0) is 18.6 Å². The highest BCUT2D eigenvalue weighted by molar-refractivity contribution is 8.01. The van der Waals surface area contributed by atoms with Gasteiger partial charge < -0.3 is 5.11 Å². The van der Waals surface area contributed by atoms with Crippen molar-refractivity contribution in [3.8, 4) is 0 Å². The lowest BCUT2D eigenvalue weighted by atomic mass is 10.1. The molecule has 1 aromatic heterocycles. The zero-order valence-corrected chi connectivity index (χ0v) is 14.4. The molecule has 0 aliphatic carbocycles. The fourth-order valence-electron chi connectivity index (χ4n) is 2.32. The van der Waals surface area contributed by atoms with Gasteiger partial charge in [-0.15, -0.1) is 11.3 Å². The van der Waals surface area contributed by atoms with Gasteiger partial charge in [0.15, 0.2) is 4.34 Å². The summed E-state index contributed by atoms with van der Waals surface area (Å²) in [4.78, 5) is 4.59. The van der Waals surface area contributed by atoms with Crippen LogP contribution in [0, 0.1) is 0 Å². The zero-order valence-electron chi connectivity index (χ0n) is 12.8. The molecule has 1 aromatic carbocycles. The summed E-state index contributed by atoms with van der Waals surface area (Å²) in [5, 5.41) is 10.0. The summed E-state index contributed by atoms with van der Waals surface area (Å²) in [6.45, 7) is 2.24. The highest BCUT2D eigenvalue weighted by atomic mass is 32.2. The molecule has 21 heavy (non-hydrogen) atoms. The molecule has 0 fully saturated rings. The Labute approximate surface area is 136 Å². The van der Waals surface area contributed by atoms with E-state index in [1.54, 1.807) is 23.1 Å². The van der Waals surface area contributed by atoms with E-state index < -0.39 is 0 Å². The maximum atomic E-state index is 10.0. The number of rotatable bonds is 10. The summed E-state index contributed by atoms with van der Waals surface area (Å²) in [5.74, 6) is 0.759. The molecule has 2 nitrogen and oxygen atoms in total. The van der Waals surface area contributed by atoms with Crippen molar-refractivity contribution in [3.05, 3.63) is 24.3 Å². The van der Waals surface area contributed by atoms with Crippen LogP contribution < -0.4 is 0 Å². The number of aliphatic hydroxyl groups excluding tert-OH is 1. The first kappa shape index (κ1) is 16.8. The minimum absolute atomic E-state index is 0.201. The minimum Gasteiger partial charge on any atom is -0.392 e. The van der Waals surface area contributed by atoms with Gasteiger partial charge in [-0.2, -0.15) is 0 Å². The molecule has 4 heteroatoms. The van der Waals surface area contributed by atoms with E-state index >= 15 is 0 Å². The molecule has 0 spiro atoms. The van der Waals surface area contributed by atoms with E-state index in [9.17, 15) is 5.11 Å².